The molecule has 3 rings (SSSR count). The molecule has 0 aliphatic heterocycles. The topological polar surface area (TPSA) is 66.6 Å². The Balaban J connectivity index is 1.54. The van der Waals surface area contributed by atoms with Crippen LogP contribution in [-0.2, 0) is 11.2 Å². The summed E-state index contributed by atoms with van der Waals surface area (Å²) in [6, 6.07) is 6.05. The molecule has 0 saturated heterocycles. The monoisotopic (exact) mass is 287 g/mol. The Kier molecular flexibility index (Phi) is 4.20. The molecule has 0 unspecified atom stereocenters. The maximum atomic E-state index is 12.1. The fourth-order valence-corrected chi connectivity index (χ4v) is 3.00. The molecule has 1 aliphatic carbocycles. The highest BCUT2D eigenvalue weighted by molar-refractivity contribution is 5.78. The van der Waals surface area contributed by atoms with E-state index in [4.69, 9.17) is 5.11 Å². The molecule has 1 amide bonds. The van der Waals surface area contributed by atoms with E-state index in [2.05, 4.69) is 10.3 Å². The summed E-state index contributed by atoms with van der Waals surface area (Å²) >= 11 is 0. The third kappa shape index (κ3) is 3.42. The van der Waals surface area contributed by atoms with Crippen LogP contribution in [-0.4, -0.2) is 33.0 Å². The van der Waals surface area contributed by atoms with E-state index in [9.17, 15) is 4.79 Å². The van der Waals surface area contributed by atoms with Gasteiger partial charge in [0.25, 0.3) is 0 Å². The Bertz CT molecular complexity index is 582. The van der Waals surface area contributed by atoms with Gasteiger partial charge in [0.2, 0.25) is 5.91 Å². The van der Waals surface area contributed by atoms with Gasteiger partial charge < -0.3 is 14.8 Å². The third-order valence-electron chi connectivity index (χ3n) is 4.23. The number of carbonyl (C=O) groups is 1. The number of rotatable bonds is 4. The number of fused-ring (bicyclic) bond motifs is 1. The molecular weight excluding hydrogens is 266 g/mol. The molecule has 1 saturated carbocycles. The lowest BCUT2D eigenvalue weighted by Crippen LogP contribution is -2.38. The van der Waals surface area contributed by atoms with E-state index in [1.807, 2.05) is 35.0 Å². The Morgan fingerprint density at radius 2 is 2.14 bits per heavy atom. The van der Waals surface area contributed by atoms with Crippen molar-refractivity contribution in [2.24, 2.45) is 5.92 Å². The number of aliphatic hydroxyl groups is 1. The molecule has 5 nitrogen and oxygen atoms in total. The molecular formula is C16H21N3O2. The Labute approximate surface area is 124 Å². The lowest BCUT2D eigenvalue weighted by molar-refractivity contribution is -0.121. The number of imidazole rings is 1. The van der Waals surface area contributed by atoms with Crippen molar-refractivity contribution < 1.29 is 9.90 Å². The highest BCUT2D eigenvalue weighted by atomic mass is 16.3. The van der Waals surface area contributed by atoms with E-state index in [-0.39, 0.29) is 18.6 Å². The van der Waals surface area contributed by atoms with Gasteiger partial charge in [-0.3, -0.25) is 4.79 Å². The average Bonchev–Trinajstić information content (AvgIpc) is 2.90. The Hall–Kier alpha value is -1.88. The highest BCUT2D eigenvalue weighted by Crippen LogP contribution is 2.23. The number of amides is 1. The van der Waals surface area contributed by atoms with Crippen molar-refractivity contribution in [2.75, 3.05) is 6.61 Å². The molecule has 0 spiro atoms. The zero-order chi connectivity index (χ0) is 14.7. The van der Waals surface area contributed by atoms with Crippen molar-refractivity contribution in [1.82, 2.24) is 14.7 Å². The first-order chi connectivity index (χ1) is 10.2. The zero-order valence-electron chi connectivity index (χ0n) is 12.0. The fourth-order valence-electron chi connectivity index (χ4n) is 3.00. The summed E-state index contributed by atoms with van der Waals surface area (Å²) in [6.45, 7) is 0.266. The minimum atomic E-state index is 0.0332. The number of aromatic nitrogens is 2. The number of carbonyl (C=O) groups excluding carboxylic acids is 1. The second-order valence-electron chi connectivity index (χ2n) is 5.84. The number of pyridine rings is 1. The van der Waals surface area contributed by atoms with Crippen LogP contribution in [0, 0.1) is 5.92 Å². The van der Waals surface area contributed by atoms with E-state index in [1.54, 1.807) is 0 Å². The first-order valence-corrected chi connectivity index (χ1v) is 7.57. The van der Waals surface area contributed by atoms with Gasteiger partial charge in [0.05, 0.1) is 12.1 Å². The first-order valence-electron chi connectivity index (χ1n) is 7.57. The van der Waals surface area contributed by atoms with Crippen LogP contribution < -0.4 is 5.32 Å². The molecule has 2 heterocycles. The fraction of sp³-hybridized carbons (Fsp3) is 0.500. The molecule has 1 fully saturated rings. The minimum absolute atomic E-state index is 0.0332. The highest BCUT2D eigenvalue weighted by Gasteiger charge is 2.22. The maximum absolute atomic E-state index is 12.1. The Morgan fingerprint density at radius 1 is 1.33 bits per heavy atom. The second kappa shape index (κ2) is 6.26. The SMILES string of the molecule is O=C(Cc1cn2ccccc2n1)NC1CCC(CO)CC1. The minimum Gasteiger partial charge on any atom is -0.396 e. The second-order valence-corrected chi connectivity index (χ2v) is 5.84. The average molecular weight is 287 g/mol. The Morgan fingerprint density at radius 3 is 2.86 bits per heavy atom. The van der Waals surface area contributed by atoms with Crippen LogP contribution in [0.4, 0.5) is 0 Å². The summed E-state index contributed by atoms with van der Waals surface area (Å²) in [4.78, 5) is 16.5. The summed E-state index contributed by atoms with van der Waals surface area (Å²) in [5.74, 6) is 0.447. The molecule has 2 aromatic heterocycles. The lowest BCUT2D eigenvalue weighted by atomic mass is 9.86. The van der Waals surface area contributed by atoms with E-state index in [1.165, 1.54) is 0 Å². The van der Waals surface area contributed by atoms with Crippen LogP contribution in [0.25, 0.3) is 5.65 Å². The zero-order valence-corrected chi connectivity index (χ0v) is 12.0. The van der Waals surface area contributed by atoms with Crippen LogP contribution >= 0.6 is 0 Å². The van der Waals surface area contributed by atoms with Crippen LogP contribution in [0.1, 0.15) is 31.4 Å². The van der Waals surface area contributed by atoms with Gasteiger partial charge >= 0.3 is 0 Å². The summed E-state index contributed by atoms with van der Waals surface area (Å²) in [7, 11) is 0. The van der Waals surface area contributed by atoms with Crippen molar-refractivity contribution >= 4 is 11.6 Å². The van der Waals surface area contributed by atoms with Crippen LogP contribution in [0.15, 0.2) is 30.6 Å². The molecule has 2 aromatic rings. The van der Waals surface area contributed by atoms with Gasteiger partial charge in [-0.25, -0.2) is 4.98 Å². The number of nitrogens with zero attached hydrogens (tertiary/aromatic N) is 2. The van der Waals surface area contributed by atoms with Gasteiger partial charge in [-0.05, 0) is 43.7 Å². The summed E-state index contributed by atoms with van der Waals surface area (Å²) in [5, 5.41) is 12.2. The lowest BCUT2D eigenvalue weighted by Gasteiger charge is -2.27. The standard InChI is InChI=1S/C16H21N3O2/c20-11-12-4-6-13(7-5-12)18-16(21)9-14-10-19-8-2-1-3-15(19)17-14/h1-3,8,10,12-13,20H,4-7,9,11H2,(H,18,21). The molecule has 0 atom stereocenters. The molecule has 21 heavy (non-hydrogen) atoms. The van der Waals surface area contributed by atoms with Crippen LogP contribution in [0.5, 0.6) is 0 Å². The van der Waals surface area contributed by atoms with E-state index < -0.39 is 0 Å². The molecule has 0 aromatic carbocycles. The van der Waals surface area contributed by atoms with Gasteiger partial charge in [0, 0.05) is 25.0 Å². The van der Waals surface area contributed by atoms with Crippen molar-refractivity contribution in [3.8, 4) is 0 Å². The predicted molar refractivity (Wildman–Crippen MR) is 79.9 cm³/mol. The quantitative estimate of drug-likeness (QED) is 0.896. The van der Waals surface area contributed by atoms with Gasteiger partial charge in [0.15, 0.2) is 0 Å². The third-order valence-corrected chi connectivity index (χ3v) is 4.23. The van der Waals surface area contributed by atoms with E-state index >= 15 is 0 Å². The van der Waals surface area contributed by atoms with Crippen LogP contribution in [0.3, 0.4) is 0 Å². The normalized spacial score (nSPS) is 22.3. The first kappa shape index (κ1) is 14.1. The molecule has 2 N–H and O–H groups in total. The van der Waals surface area contributed by atoms with Gasteiger partial charge in [0.1, 0.15) is 5.65 Å². The van der Waals surface area contributed by atoms with Crippen molar-refractivity contribution in [3.63, 3.8) is 0 Å². The largest absolute Gasteiger partial charge is 0.396 e. The summed E-state index contributed by atoms with van der Waals surface area (Å²) in [5.41, 5.74) is 1.66. The number of hydrogen-bond donors (Lipinski definition) is 2. The smallest absolute Gasteiger partial charge is 0.226 e. The van der Waals surface area contributed by atoms with Gasteiger partial charge in [-0.1, -0.05) is 6.07 Å². The molecule has 0 bridgehead atoms. The van der Waals surface area contributed by atoms with Gasteiger partial charge in [-0.2, -0.15) is 0 Å². The van der Waals surface area contributed by atoms with E-state index in [0.29, 0.717) is 12.3 Å². The molecule has 5 heteroatoms. The number of aliphatic hydroxyl groups excluding tert-OH is 1. The maximum Gasteiger partial charge on any atom is 0.226 e. The van der Waals surface area contributed by atoms with Crippen LogP contribution in [0.2, 0.25) is 0 Å². The molecule has 0 radical (unpaired) electrons. The van der Waals surface area contributed by atoms with Crippen molar-refractivity contribution in [1.29, 1.82) is 0 Å². The van der Waals surface area contributed by atoms with Crippen molar-refractivity contribution in [2.45, 2.75) is 38.1 Å². The molecule has 112 valence electrons. The van der Waals surface area contributed by atoms with Crippen molar-refractivity contribution in [3.05, 3.63) is 36.3 Å². The van der Waals surface area contributed by atoms with Gasteiger partial charge in [-0.15, -0.1) is 0 Å². The summed E-state index contributed by atoms with van der Waals surface area (Å²) in [6.07, 6.45) is 8.06. The number of hydrogen-bond acceptors (Lipinski definition) is 3. The predicted octanol–water partition coefficient (Wildman–Crippen LogP) is 1.54. The van der Waals surface area contributed by atoms with E-state index in [0.717, 1.165) is 37.0 Å². The summed E-state index contributed by atoms with van der Waals surface area (Å²) < 4.78 is 1.93. The number of nitrogens with one attached hydrogen (secondary N) is 1. The molecule has 1 aliphatic rings.